The van der Waals surface area contributed by atoms with E-state index in [4.69, 9.17) is 10.3 Å². The van der Waals surface area contributed by atoms with Crippen molar-refractivity contribution in [1.82, 2.24) is 5.32 Å². The first-order valence-electron chi connectivity index (χ1n) is 7.04. The van der Waals surface area contributed by atoms with Crippen molar-refractivity contribution in [2.45, 2.75) is 44.9 Å². The maximum absolute atomic E-state index is 11.9. The molecule has 1 amide bonds. The van der Waals surface area contributed by atoms with Gasteiger partial charge in [0.15, 0.2) is 0 Å². The van der Waals surface area contributed by atoms with Gasteiger partial charge in [0, 0.05) is 4.91 Å². The van der Waals surface area contributed by atoms with Gasteiger partial charge in [0.2, 0.25) is 0 Å². The fourth-order valence-electron chi connectivity index (χ4n) is 1.86. The van der Waals surface area contributed by atoms with E-state index in [1.807, 2.05) is 30.3 Å². The average Bonchev–Trinajstić information content (AvgIpc) is 2.43. The number of carbonyl (C=O) groups is 1. The number of alkyl carbamates (subject to hydrolysis) is 1. The standard InChI is InChI=1S/C15H22N4O3/c1-15(2,3)22-14(21)18-12(13(20)10-17-19-16)9-11-7-5-4-6-8-11/h4-8,12-13,20H,9-10H2,1-3H3,(H,18,21)/t12-,13-/m0/s1. The summed E-state index contributed by atoms with van der Waals surface area (Å²) in [5.74, 6) is 0. The summed E-state index contributed by atoms with van der Waals surface area (Å²) in [6.45, 7) is 5.16. The molecular formula is C15H22N4O3. The molecule has 0 aliphatic rings. The SMILES string of the molecule is CC(C)(C)OC(=O)N[C@@H](Cc1ccccc1)[C@@H](O)CN=[N+]=[N-]. The van der Waals surface area contributed by atoms with Crippen molar-refractivity contribution in [2.24, 2.45) is 5.11 Å². The minimum Gasteiger partial charge on any atom is -0.444 e. The van der Waals surface area contributed by atoms with Gasteiger partial charge in [-0.2, -0.15) is 0 Å². The van der Waals surface area contributed by atoms with E-state index in [0.717, 1.165) is 5.56 Å². The third-order valence-electron chi connectivity index (χ3n) is 2.80. The second kappa shape index (κ2) is 8.26. The third kappa shape index (κ3) is 6.97. The van der Waals surface area contributed by atoms with E-state index < -0.39 is 23.8 Å². The van der Waals surface area contributed by atoms with Gasteiger partial charge in [-0.1, -0.05) is 35.4 Å². The zero-order chi connectivity index (χ0) is 16.6. The van der Waals surface area contributed by atoms with E-state index in [2.05, 4.69) is 15.3 Å². The number of aliphatic hydroxyl groups is 1. The molecule has 7 nitrogen and oxygen atoms in total. The third-order valence-corrected chi connectivity index (χ3v) is 2.80. The molecule has 0 heterocycles. The number of aliphatic hydroxyl groups excluding tert-OH is 1. The summed E-state index contributed by atoms with van der Waals surface area (Å²) < 4.78 is 5.20. The first-order chi connectivity index (χ1) is 10.3. The highest BCUT2D eigenvalue weighted by Gasteiger charge is 2.24. The van der Waals surface area contributed by atoms with E-state index in [0.29, 0.717) is 6.42 Å². The molecular weight excluding hydrogens is 284 g/mol. The molecule has 1 rings (SSSR count). The molecule has 0 unspecified atom stereocenters. The summed E-state index contributed by atoms with van der Waals surface area (Å²) in [6, 6.07) is 8.81. The van der Waals surface area contributed by atoms with Gasteiger partial charge in [0.05, 0.1) is 18.7 Å². The summed E-state index contributed by atoms with van der Waals surface area (Å²) in [5, 5.41) is 16.1. The number of nitrogens with zero attached hydrogens (tertiary/aromatic N) is 3. The number of carbonyl (C=O) groups excluding carboxylic acids is 1. The van der Waals surface area contributed by atoms with Crippen molar-refractivity contribution in [3.05, 3.63) is 46.3 Å². The molecule has 0 saturated carbocycles. The lowest BCUT2D eigenvalue weighted by Crippen LogP contribution is -2.47. The Labute approximate surface area is 129 Å². The lowest BCUT2D eigenvalue weighted by molar-refractivity contribution is 0.0430. The van der Waals surface area contributed by atoms with Gasteiger partial charge < -0.3 is 15.2 Å². The van der Waals surface area contributed by atoms with Gasteiger partial charge >= 0.3 is 6.09 Å². The normalized spacial score (nSPS) is 13.6. The number of nitrogens with one attached hydrogen (secondary N) is 1. The molecule has 1 aromatic rings. The predicted octanol–water partition coefficient (Wildman–Crippen LogP) is 2.79. The van der Waals surface area contributed by atoms with Crippen molar-refractivity contribution in [2.75, 3.05) is 6.54 Å². The molecule has 0 aliphatic heterocycles. The van der Waals surface area contributed by atoms with Crippen molar-refractivity contribution in [3.63, 3.8) is 0 Å². The lowest BCUT2D eigenvalue weighted by Gasteiger charge is -2.26. The molecule has 120 valence electrons. The molecule has 7 heteroatoms. The second-order valence-corrected chi connectivity index (χ2v) is 5.92. The van der Waals surface area contributed by atoms with Gasteiger partial charge in [-0.3, -0.25) is 0 Å². The number of amides is 1. The quantitative estimate of drug-likeness (QED) is 0.479. The monoisotopic (exact) mass is 306 g/mol. The number of azide groups is 1. The maximum Gasteiger partial charge on any atom is 0.407 e. The van der Waals surface area contributed by atoms with E-state index in [-0.39, 0.29) is 6.54 Å². The predicted molar refractivity (Wildman–Crippen MR) is 83.3 cm³/mol. The fraction of sp³-hybridized carbons (Fsp3) is 0.533. The minimum absolute atomic E-state index is 0.121. The number of benzene rings is 1. The Balaban J connectivity index is 2.77. The maximum atomic E-state index is 11.9. The lowest BCUT2D eigenvalue weighted by atomic mass is 10.0. The zero-order valence-corrected chi connectivity index (χ0v) is 13.1. The van der Waals surface area contributed by atoms with Gasteiger partial charge in [0.25, 0.3) is 0 Å². The Bertz CT molecular complexity index is 521. The van der Waals surface area contributed by atoms with Crippen LogP contribution < -0.4 is 5.32 Å². The van der Waals surface area contributed by atoms with Crippen LogP contribution in [0.15, 0.2) is 35.4 Å². The molecule has 0 aliphatic carbocycles. The van der Waals surface area contributed by atoms with E-state index in [1.54, 1.807) is 20.8 Å². The zero-order valence-electron chi connectivity index (χ0n) is 13.1. The summed E-state index contributed by atoms with van der Waals surface area (Å²) >= 11 is 0. The van der Waals surface area contributed by atoms with Gasteiger partial charge in [-0.05, 0) is 38.3 Å². The highest BCUT2D eigenvalue weighted by Crippen LogP contribution is 2.10. The summed E-state index contributed by atoms with van der Waals surface area (Å²) in [5.41, 5.74) is 8.68. The molecule has 0 fully saturated rings. The van der Waals surface area contributed by atoms with E-state index >= 15 is 0 Å². The Hall–Kier alpha value is -2.24. The smallest absolute Gasteiger partial charge is 0.407 e. The number of rotatable bonds is 6. The Kier molecular flexibility index (Phi) is 6.69. The molecule has 0 aromatic heterocycles. The first-order valence-corrected chi connectivity index (χ1v) is 7.04. The second-order valence-electron chi connectivity index (χ2n) is 5.92. The van der Waals surface area contributed by atoms with Crippen molar-refractivity contribution < 1.29 is 14.6 Å². The first kappa shape index (κ1) is 17.8. The van der Waals surface area contributed by atoms with Crippen LogP contribution in [0.3, 0.4) is 0 Å². The summed E-state index contributed by atoms with van der Waals surface area (Å²) in [4.78, 5) is 14.5. The molecule has 2 atom stereocenters. The highest BCUT2D eigenvalue weighted by molar-refractivity contribution is 5.68. The van der Waals surface area contributed by atoms with Gasteiger partial charge in [0.1, 0.15) is 5.60 Å². The van der Waals surface area contributed by atoms with Crippen LogP contribution in [-0.2, 0) is 11.2 Å². The Morgan fingerprint density at radius 2 is 2.05 bits per heavy atom. The highest BCUT2D eigenvalue weighted by atomic mass is 16.6. The molecule has 22 heavy (non-hydrogen) atoms. The molecule has 1 aromatic carbocycles. The van der Waals surface area contributed by atoms with E-state index in [1.165, 1.54) is 0 Å². The van der Waals surface area contributed by atoms with Crippen molar-refractivity contribution in [3.8, 4) is 0 Å². The van der Waals surface area contributed by atoms with Crippen molar-refractivity contribution >= 4 is 6.09 Å². The number of ether oxygens (including phenoxy) is 1. The fourth-order valence-corrected chi connectivity index (χ4v) is 1.86. The largest absolute Gasteiger partial charge is 0.444 e. The topological polar surface area (TPSA) is 107 Å². The molecule has 0 spiro atoms. The van der Waals surface area contributed by atoms with E-state index in [9.17, 15) is 9.90 Å². The van der Waals surface area contributed by atoms with Crippen molar-refractivity contribution in [1.29, 1.82) is 0 Å². The molecule has 0 saturated heterocycles. The summed E-state index contributed by atoms with van der Waals surface area (Å²) in [7, 11) is 0. The average molecular weight is 306 g/mol. The van der Waals surface area contributed by atoms with Crippen LogP contribution in [0.4, 0.5) is 4.79 Å². The van der Waals surface area contributed by atoms with Crippen LogP contribution in [0.5, 0.6) is 0 Å². The molecule has 0 radical (unpaired) electrons. The molecule has 0 bridgehead atoms. The van der Waals surface area contributed by atoms with Gasteiger partial charge in [-0.15, -0.1) is 0 Å². The van der Waals surface area contributed by atoms with Crippen LogP contribution in [0.2, 0.25) is 0 Å². The van der Waals surface area contributed by atoms with Crippen LogP contribution in [0.25, 0.3) is 10.4 Å². The minimum atomic E-state index is -0.997. The molecule has 2 N–H and O–H groups in total. The number of hydrogen-bond acceptors (Lipinski definition) is 4. The van der Waals surface area contributed by atoms with Gasteiger partial charge in [-0.25, -0.2) is 4.79 Å². The van der Waals surface area contributed by atoms with Crippen LogP contribution in [-0.4, -0.2) is 35.5 Å². The van der Waals surface area contributed by atoms with Crippen LogP contribution >= 0.6 is 0 Å². The Morgan fingerprint density at radius 3 is 2.59 bits per heavy atom. The Morgan fingerprint density at radius 1 is 1.41 bits per heavy atom. The van der Waals surface area contributed by atoms with Crippen LogP contribution in [0, 0.1) is 0 Å². The number of hydrogen-bond donors (Lipinski definition) is 2. The van der Waals surface area contributed by atoms with Crippen LogP contribution in [0.1, 0.15) is 26.3 Å². The summed E-state index contributed by atoms with van der Waals surface area (Å²) in [6.07, 6.45) is -1.21.